The first-order valence-electron chi connectivity index (χ1n) is 9.18. The molecule has 4 aromatic heterocycles. The molecule has 0 saturated heterocycles. The second kappa shape index (κ2) is 9.99. The van der Waals surface area contributed by atoms with Crippen LogP contribution in [0.3, 0.4) is 0 Å². The minimum absolute atomic E-state index is 0.180. The van der Waals surface area contributed by atoms with E-state index in [1.165, 1.54) is 0 Å². The van der Waals surface area contributed by atoms with Gasteiger partial charge in [-0.25, -0.2) is 0 Å². The molecule has 0 bridgehead atoms. The first-order chi connectivity index (χ1) is 19.0. The Balaban J connectivity index is 1.61. The molecule has 30 heteroatoms. The fourth-order valence-corrected chi connectivity index (χ4v) is 2.37. The Hall–Kier alpha value is -7.30. The van der Waals surface area contributed by atoms with Gasteiger partial charge in [-0.2, -0.15) is 9.26 Å². The maximum Gasteiger partial charge on any atom is 0.487 e. The molecule has 0 aromatic carbocycles. The molecule has 4 heterocycles. The van der Waals surface area contributed by atoms with Crippen LogP contribution in [0.4, 0.5) is 46.3 Å². The lowest BCUT2D eigenvalue weighted by molar-refractivity contribution is -0.454. The summed E-state index contributed by atoms with van der Waals surface area (Å²) in [4.78, 5) is 38.4. The number of nitrogens with zero attached hydrogens (tertiary/aromatic N) is 18. The van der Waals surface area contributed by atoms with Crippen LogP contribution >= 0.6 is 0 Å². The maximum absolute atomic E-state index is 12.3. The van der Waals surface area contributed by atoms with Crippen molar-refractivity contribution in [3.63, 3.8) is 0 Å². The molecule has 4 aromatic rings. The third-order valence-electron chi connectivity index (χ3n) is 3.92. The smallest absolute Gasteiger partial charge is 0.487 e. The topological polar surface area (TPSA) is 388 Å². The van der Waals surface area contributed by atoms with Gasteiger partial charge in [0.15, 0.2) is 10.2 Å². The van der Waals surface area contributed by atoms with Gasteiger partial charge in [0, 0.05) is 0 Å². The molecule has 30 nitrogen and oxygen atoms in total. The van der Waals surface area contributed by atoms with Crippen LogP contribution in [-0.2, 0) is 0 Å². The summed E-state index contributed by atoms with van der Waals surface area (Å²) in [7, 11) is 0. The summed E-state index contributed by atoms with van der Waals surface area (Å²) in [6.45, 7) is 0. The second-order valence-electron chi connectivity index (χ2n) is 6.29. The van der Waals surface area contributed by atoms with Crippen molar-refractivity contribution in [1.29, 1.82) is 0 Å². The molecule has 0 N–H and O–H groups in total. The van der Waals surface area contributed by atoms with E-state index in [1.54, 1.807) is 0 Å². The van der Waals surface area contributed by atoms with Crippen molar-refractivity contribution in [2.75, 3.05) is 0 Å². The van der Waals surface area contributed by atoms with Crippen LogP contribution in [0, 0.1) is 50.9 Å². The van der Waals surface area contributed by atoms with Crippen LogP contribution in [0.25, 0.3) is 0 Å². The predicted molar refractivity (Wildman–Crippen MR) is 106 cm³/mol. The summed E-state index contributed by atoms with van der Waals surface area (Å²) in [6, 6.07) is 0. The normalized spacial score (nSPS) is 12.2. The van der Waals surface area contributed by atoms with Crippen LogP contribution in [0.5, 0.6) is 0 Å². The van der Waals surface area contributed by atoms with Gasteiger partial charge in [0.25, 0.3) is 11.6 Å². The van der Waals surface area contributed by atoms with E-state index in [-0.39, 0.29) is 9.58 Å². The van der Waals surface area contributed by atoms with Gasteiger partial charge in [-0.05, 0) is 20.2 Å². The van der Waals surface area contributed by atoms with Gasteiger partial charge in [0.2, 0.25) is 12.4 Å². The first kappa shape index (κ1) is 25.8. The van der Waals surface area contributed by atoms with Gasteiger partial charge >= 0.3 is 34.6 Å². The summed E-state index contributed by atoms with van der Waals surface area (Å²) in [5.74, 6) is -5.70. The zero-order valence-electron chi connectivity index (χ0n) is 18.1. The van der Waals surface area contributed by atoms with Gasteiger partial charge in [-0.1, -0.05) is 0 Å². The van der Waals surface area contributed by atoms with E-state index in [9.17, 15) is 50.9 Å². The molecular formula is C10H2N18O12. The van der Waals surface area contributed by atoms with Crippen LogP contribution in [0.2, 0.25) is 0 Å². The van der Waals surface area contributed by atoms with E-state index in [2.05, 4.69) is 60.8 Å². The Morgan fingerprint density at radius 2 is 0.950 bits per heavy atom. The zero-order valence-corrected chi connectivity index (χ0v) is 18.1. The Morgan fingerprint density at radius 1 is 0.575 bits per heavy atom. The molecule has 0 atom stereocenters. The Labute approximate surface area is 210 Å². The average molecular weight is 566 g/mol. The van der Waals surface area contributed by atoms with Crippen molar-refractivity contribution in [2.24, 2.45) is 20.7 Å². The van der Waals surface area contributed by atoms with Gasteiger partial charge in [0.05, 0.1) is 29.9 Å². The quantitative estimate of drug-likeness (QED) is 0.112. The summed E-state index contributed by atoms with van der Waals surface area (Å²) in [5.41, 5.74) is -2.17. The average Bonchev–Trinajstić information content (AvgIpc) is 3.67. The van der Waals surface area contributed by atoms with Crippen LogP contribution in [0.1, 0.15) is 0 Å². The van der Waals surface area contributed by atoms with Crippen molar-refractivity contribution in [3.8, 4) is 0 Å². The molecule has 0 fully saturated rings. The van der Waals surface area contributed by atoms with Crippen LogP contribution < -0.4 is 0 Å². The minimum Gasteiger partial charge on any atom is -0.721 e. The lowest BCUT2D eigenvalue weighted by Crippen LogP contribution is -2.00. The van der Waals surface area contributed by atoms with E-state index in [0.717, 1.165) is 0 Å². The summed E-state index contributed by atoms with van der Waals surface area (Å²) < 4.78 is 8.63. The third kappa shape index (κ3) is 4.99. The zero-order chi connectivity index (χ0) is 29.1. The van der Waals surface area contributed by atoms with E-state index in [1.807, 2.05) is 0 Å². The molecule has 0 unspecified atom stereocenters. The number of rotatable bonds is 10. The second-order valence-corrected chi connectivity index (χ2v) is 6.29. The number of nitro groups is 4. The summed E-state index contributed by atoms with van der Waals surface area (Å²) in [6.07, 6.45) is 0.889. The highest BCUT2D eigenvalue weighted by Crippen LogP contribution is 2.29. The molecule has 0 radical (unpaired) electrons. The molecular weight excluding hydrogens is 564 g/mol. The Kier molecular flexibility index (Phi) is 6.44. The highest BCUT2D eigenvalue weighted by Gasteiger charge is 2.35. The highest BCUT2D eigenvalue weighted by molar-refractivity contribution is 5.46. The summed E-state index contributed by atoms with van der Waals surface area (Å²) >= 11 is 0. The maximum atomic E-state index is 12.3. The fraction of sp³-hybridized carbons (Fsp3) is 0. The van der Waals surface area contributed by atoms with Crippen molar-refractivity contribution in [1.82, 2.24) is 40.4 Å². The Morgan fingerprint density at radius 3 is 1.25 bits per heavy atom. The van der Waals surface area contributed by atoms with Crippen LogP contribution in [-0.4, -0.2) is 69.8 Å². The molecule has 4 rings (SSSR count). The molecule has 0 aliphatic carbocycles. The first-order valence-corrected chi connectivity index (χ1v) is 9.18. The van der Waals surface area contributed by atoms with Gasteiger partial charge < -0.3 is 30.6 Å². The highest BCUT2D eigenvalue weighted by atomic mass is 16.7. The number of hydrogen-bond donors (Lipinski definition) is 0. The predicted octanol–water partition coefficient (Wildman–Crippen LogP) is 1.01. The number of azo groups is 1. The van der Waals surface area contributed by atoms with Crippen LogP contribution in [0.15, 0.2) is 42.3 Å². The third-order valence-corrected chi connectivity index (χ3v) is 3.92. The molecule has 0 spiro atoms. The van der Waals surface area contributed by atoms with E-state index >= 15 is 0 Å². The van der Waals surface area contributed by atoms with Crippen molar-refractivity contribution >= 4 is 46.3 Å². The van der Waals surface area contributed by atoms with Crippen molar-refractivity contribution in [3.05, 3.63) is 63.3 Å². The fourth-order valence-electron chi connectivity index (χ4n) is 2.37. The van der Waals surface area contributed by atoms with Gasteiger partial charge in [0.1, 0.15) is 10.3 Å². The molecule has 40 heavy (non-hydrogen) atoms. The van der Waals surface area contributed by atoms with Gasteiger partial charge in [-0.3, -0.25) is 20.2 Å². The van der Waals surface area contributed by atoms with E-state index in [4.69, 9.17) is 0 Å². The SMILES string of the molecule is O=[N+]([O-])c1cn(N=[N+]([O-])c2nonc2N=Nc2nonc2/[N+]([O-])=N\n2cc([N+](=O)[O-])c([N+](=O)[O-])n2)nc1[N+](=O)[O-]. The van der Waals surface area contributed by atoms with Crippen molar-refractivity contribution in [2.45, 2.75) is 0 Å². The monoisotopic (exact) mass is 566 g/mol. The van der Waals surface area contributed by atoms with Gasteiger partial charge in [-0.15, -0.1) is 19.9 Å². The molecule has 0 aliphatic rings. The summed E-state index contributed by atoms with van der Waals surface area (Å²) in [5, 5.41) is 100. The Bertz CT molecular complexity index is 1560. The van der Waals surface area contributed by atoms with E-state index < -0.39 is 75.7 Å². The minimum atomic E-state index is -1.22. The standard InChI is InChI=1S/C10H2N18O12/c29-23(19-21-1-3(25(31)32)7(13-21)27(35)36)9-5(15-39-17-9)11-12-6-10(18-40-16-6)24(30)20-22-2-4(26(33)34)8(14-22)28(37)38/h1-2H/b12-11?,23-19+,24-20?. The molecule has 204 valence electrons. The number of hydrogen-bond acceptors (Lipinski definition) is 22. The number of aromatic nitrogens is 8. The largest absolute Gasteiger partial charge is 0.721 e. The molecule has 0 saturated carbocycles. The van der Waals surface area contributed by atoms with Crippen molar-refractivity contribution < 1.29 is 38.7 Å². The molecule has 0 aliphatic heterocycles. The lowest BCUT2D eigenvalue weighted by Gasteiger charge is -1.99. The molecule has 0 amide bonds. The lowest BCUT2D eigenvalue weighted by atomic mass is 10.5. The van der Waals surface area contributed by atoms with E-state index in [0.29, 0.717) is 12.4 Å².